The second kappa shape index (κ2) is 7.81. The van der Waals surface area contributed by atoms with Crippen LogP contribution in [0.25, 0.3) is 10.9 Å². The molecule has 0 atom stereocenters. The molecule has 0 aliphatic carbocycles. The first-order valence-corrected chi connectivity index (χ1v) is 8.76. The number of ether oxygens (including phenoxy) is 1. The quantitative estimate of drug-likeness (QED) is 0.461. The van der Waals surface area contributed by atoms with E-state index in [1.54, 1.807) is 43.3 Å². The summed E-state index contributed by atoms with van der Waals surface area (Å²) in [6.45, 7) is 1.97. The second-order valence-electron chi connectivity index (χ2n) is 5.55. The molecule has 3 rings (SSSR count). The summed E-state index contributed by atoms with van der Waals surface area (Å²) in [6.07, 6.45) is 0. The maximum Gasteiger partial charge on any atom is 0.356 e. The van der Waals surface area contributed by atoms with Crippen molar-refractivity contribution < 1.29 is 14.3 Å². The molecule has 0 bridgehead atoms. The first-order valence-electron chi connectivity index (χ1n) is 8.01. The molecule has 134 valence electrons. The molecule has 0 aliphatic rings. The topological polar surface area (TPSA) is 71.2 Å². The third-order valence-electron chi connectivity index (χ3n) is 3.84. The summed E-state index contributed by atoms with van der Waals surface area (Å²) in [7, 11) is 0. The second-order valence-corrected chi connectivity index (χ2v) is 6.36. The summed E-state index contributed by atoms with van der Waals surface area (Å²) in [4.78, 5) is 27.6. The number of hydrogen-bond acceptors (Lipinski definition) is 4. The zero-order chi connectivity index (χ0) is 18.7. The van der Waals surface area contributed by atoms with Gasteiger partial charge in [0.1, 0.15) is 5.69 Å². The predicted octanol–water partition coefficient (Wildman–Crippen LogP) is 4.95. The standard InChI is InChI=1S/C19H16Cl2N2O3/c1-2-26-19(25)18-17(12-8-13(20)14(21)9-15(12)23-18)22-10-16(24)11-6-4-3-5-7-11/h3-9,22-23H,2,10H2,1H3. The van der Waals surface area contributed by atoms with Gasteiger partial charge in [-0.3, -0.25) is 4.79 Å². The van der Waals surface area contributed by atoms with Crippen LogP contribution in [-0.2, 0) is 4.74 Å². The Hall–Kier alpha value is -2.50. The molecule has 0 saturated carbocycles. The Kier molecular flexibility index (Phi) is 5.49. The molecule has 0 radical (unpaired) electrons. The van der Waals surface area contributed by atoms with Gasteiger partial charge in [0, 0.05) is 16.5 Å². The number of esters is 1. The fraction of sp³-hybridized carbons (Fsp3) is 0.158. The highest BCUT2D eigenvalue weighted by Crippen LogP contribution is 2.34. The molecule has 1 aromatic heterocycles. The van der Waals surface area contributed by atoms with Gasteiger partial charge in [0.05, 0.1) is 28.9 Å². The van der Waals surface area contributed by atoms with E-state index < -0.39 is 5.97 Å². The molecule has 7 heteroatoms. The Morgan fingerprint density at radius 3 is 2.50 bits per heavy atom. The van der Waals surface area contributed by atoms with Crippen molar-refractivity contribution in [2.24, 2.45) is 0 Å². The van der Waals surface area contributed by atoms with Gasteiger partial charge in [0.15, 0.2) is 5.78 Å². The number of benzene rings is 2. The molecule has 0 spiro atoms. The van der Waals surface area contributed by atoms with Gasteiger partial charge in [-0.2, -0.15) is 0 Å². The van der Waals surface area contributed by atoms with Gasteiger partial charge in [0.2, 0.25) is 0 Å². The molecule has 0 amide bonds. The Morgan fingerprint density at radius 2 is 1.81 bits per heavy atom. The third-order valence-corrected chi connectivity index (χ3v) is 4.56. The Morgan fingerprint density at radius 1 is 1.12 bits per heavy atom. The maximum absolute atomic E-state index is 12.4. The van der Waals surface area contributed by atoms with Crippen LogP contribution in [0.2, 0.25) is 10.0 Å². The zero-order valence-corrected chi connectivity index (χ0v) is 15.4. The van der Waals surface area contributed by atoms with Crippen LogP contribution in [0.4, 0.5) is 5.69 Å². The third kappa shape index (κ3) is 3.69. The zero-order valence-electron chi connectivity index (χ0n) is 13.9. The van der Waals surface area contributed by atoms with Gasteiger partial charge >= 0.3 is 5.97 Å². The summed E-state index contributed by atoms with van der Waals surface area (Å²) in [5, 5.41) is 4.41. The van der Waals surface area contributed by atoms with Crippen molar-refractivity contribution in [3.8, 4) is 0 Å². The molecule has 5 nitrogen and oxygen atoms in total. The van der Waals surface area contributed by atoms with E-state index in [2.05, 4.69) is 10.3 Å². The number of rotatable bonds is 6. The van der Waals surface area contributed by atoms with Gasteiger partial charge < -0.3 is 15.0 Å². The number of aromatic amines is 1. The summed E-state index contributed by atoms with van der Waals surface area (Å²) in [5.41, 5.74) is 1.89. The number of ketones is 1. The number of fused-ring (bicyclic) bond motifs is 1. The lowest BCUT2D eigenvalue weighted by molar-refractivity contribution is 0.0521. The van der Waals surface area contributed by atoms with Gasteiger partial charge in [-0.15, -0.1) is 0 Å². The van der Waals surface area contributed by atoms with Crippen molar-refractivity contribution >= 4 is 51.5 Å². The number of Topliss-reactive ketones (excluding diaryl/α,β-unsaturated/α-hetero) is 1. The smallest absolute Gasteiger partial charge is 0.356 e. The van der Waals surface area contributed by atoms with Gasteiger partial charge in [-0.05, 0) is 19.1 Å². The average Bonchev–Trinajstić information content (AvgIpc) is 2.98. The number of carbonyl (C=O) groups is 2. The molecule has 2 N–H and O–H groups in total. The lowest BCUT2D eigenvalue weighted by Gasteiger charge is -2.08. The van der Waals surface area contributed by atoms with E-state index in [1.165, 1.54) is 0 Å². The van der Waals surface area contributed by atoms with Crippen molar-refractivity contribution in [1.82, 2.24) is 4.98 Å². The number of carbonyl (C=O) groups excluding carboxylic acids is 2. The number of nitrogens with one attached hydrogen (secondary N) is 2. The lowest BCUT2D eigenvalue weighted by atomic mass is 10.1. The van der Waals surface area contributed by atoms with Crippen LogP contribution in [0.3, 0.4) is 0 Å². The number of hydrogen-bond donors (Lipinski definition) is 2. The normalized spacial score (nSPS) is 10.7. The minimum Gasteiger partial charge on any atom is -0.461 e. The largest absolute Gasteiger partial charge is 0.461 e. The molecule has 0 fully saturated rings. The summed E-state index contributed by atoms with van der Waals surface area (Å²) < 4.78 is 5.09. The van der Waals surface area contributed by atoms with Crippen LogP contribution in [0.5, 0.6) is 0 Å². The molecule has 2 aromatic carbocycles. The van der Waals surface area contributed by atoms with Crippen LogP contribution in [0.15, 0.2) is 42.5 Å². The Labute approximate surface area is 160 Å². The van der Waals surface area contributed by atoms with E-state index >= 15 is 0 Å². The van der Waals surface area contributed by atoms with Crippen molar-refractivity contribution in [1.29, 1.82) is 0 Å². The predicted molar refractivity (Wildman–Crippen MR) is 104 cm³/mol. The molecule has 0 unspecified atom stereocenters. The Balaban J connectivity index is 1.96. The van der Waals surface area contributed by atoms with Crippen molar-refractivity contribution in [3.63, 3.8) is 0 Å². The van der Waals surface area contributed by atoms with Crippen LogP contribution in [0.1, 0.15) is 27.8 Å². The van der Waals surface area contributed by atoms with E-state index in [1.807, 2.05) is 6.07 Å². The first-order chi connectivity index (χ1) is 12.5. The SMILES string of the molecule is CCOC(=O)c1[nH]c2cc(Cl)c(Cl)cc2c1NCC(=O)c1ccccc1. The molecule has 3 aromatic rings. The average molecular weight is 391 g/mol. The minimum atomic E-state index is -0.523. The van der Waals surface area contributed by atoms with E-state index in [0.717, 1.165) is 0 Å². The fourth-order valence-corrected chi connectivity index (χ4v) is 2.95. The van der Waals surface area contributed by atoms with Crippen LogP contribution < -0.4 is 5.32 Å². The highest BCUT2D eigenvalue weighted by atomic mass is 35.5. The van der Waals surface area contributed by atoms with Crippen LogP contribution >= 0.6 is 23.2 Å². The molecule has 26 heavy (non-hydrogen) atoms. The molecular weight excluding hydrogens is 375 g/mol. The van der Waals surface area contributed by atoms with Crippen molar-refractivity contribution in [3.05, 3.63) is 63.8 Å². The molecular formula is C19H16Cl2N2O3. The first kappa shape index (κ1) is 18.3. The van der Waals surface area contributed by atoms with Crippen LogP contribution in [-0.4, -0.2) is 29.9 Å². The number of halogens is 2. The lowest BCUT2D eigenvalue weighted by Crippen LogP contribution is -2.16. The Bertz CT molecular complexity index is 968. The van der Waals surface area contributed by atoms with Gasteiger partial charge in [0.25, 0.3) is 0 Å². The number of H-pyrrole nitrogens is 1. The van der Waals surface area contributed by atoms with Gasteiger partial charge in [-0.1, -0.05) is 53.5 Å². The summed E-state index contributed by atoms with van der Waals surface area (Å²) >= 11 is 12.2. The van der Waals surface area contributed by atoms with E-state index in [0.29, 0.717) is 32.2 Å². The van der Waals surface area contributed by atoms with Crippen molar-refractivity contribution in [2.75, 3.05) is 18.5 Å². The molecule has 1 heterocycles. The fourth-order valence-electron chi connectivity index (χ4n) is 2.62. The molecule has 0 saturated heterocycles. The summed E-state index contributed by atoms with van der Waals surface area (Å²) in [5.74, 6) is -0.625. The van der Waals surface area contributed by atoms with Crippen LogP contribution in [0, 0.1) is 0 Å². The number of anilines is 1. The highest BCUT2D eigenvalue weighted by Gasteiger charge is 2.20. The van der Waals surface area contributed by atoms with E-state index in [9.17, 15) is 9.59 Å². The number of aromatic nitrogens is 1. The van der Waals surface area contributed by atoms with E-state index in [4.69, 9.17) is 27.9 Å². The minimum absolute atomic E-state index is 0.0175. The molecule has 0 aliphatic heterocycles. The maximum atomic E-state index is 12.4. The highest BCUT2D eigenvalue weighted by molar-refractivity contribution is 6.43. The monoisotopic (exact) mass is 390 g/mol. The van der Waals surface area contributed by atoms with Crippen molar-refractivity contribution in [2.45, 2.75) is 6.92 Å². The summed E-state index contributed by atoms with van der Waals surface area (Å²) in [6, 6.07) is 12.2. The van der Waals surface area contributed by atoms with E-state index in [-0.39, 0.29) is 24.6 Å². The van der Waals surface area contributed by atoms with Gasteiger partial charge in [-0.25, -0.2) is 4.79 Å².